The summed E-state index contributed by atoms with van der Waals surface area (Å²) in [5.41, 5.74) is 3.07. The Morgan fingerprint density at radius 1 is 1.29 bits per heavy atom. The summed E-state index contributed by atoms with van der Waals surface area (Å²) in [7, 11) is 1.64. The molecule has 1 fully saturated rings. The van der Waals surface area contributed by atoms with Crippen molar-refractivity contribution < 1.29 is 23.7 Å². The summed E-state index contributed by atoms with van der Waals surface area (Å²) in [6.07, 6.45) is 2.31. The van der Waals surface area contributed by atoms with Crippen LogP contribution in [-0.2, 0) is 19.0 Å². The molecule has 0 unspecified atom stereocenters. The van der Waals surface area contributed by atoms with Crippen LogP contribution in [-0.4, -0.2) is 31.6 Å². The van der Waals surface area contributed by atoms with Crippen LogP contribution in [0.25, 0.3) is 0 Å². The lowest BCUT2D eigenvalue weighted by molar-refractivity contribution is -0.144. The summed E-state index contributed by atoms with van der Waals surface area (Å²) in [6.45, 7) is 9.85. The topological polar surface area (TPSA) is 54.0 Å². The van der Waals surface area contributed by atoms with Crippen molar-refractivity contribution in [3.8, 4) is 5.75 Å². The van der Waals surface area contributed by atoms with E-state index in [2.05, 4.69) is 6.07 Å². The fourth-order valence-corrected chi connectivity index (χ4v) is 3.01. The van der Waals surface area contributed by atoms with Crippen LogP contribution < -0.4 is 4.74 Å². The second kappa shape index (κ2) is 7.36. The van der Waals surface area contributed by atoms with Crippen LogP contribution >= 0.6 is 0 Å². The molecule has 2 atom stereocenters. The summed E-state index contributed by atoms with van der Waals surface area (Å²) in [5.74, 6) is -0.366. The molecule has 0 bridgehead atoms. The average Bonchev–Trinajstić information content (AvgIpc) is 2.80. The molecule has 0 aliphatic carbocycles. The first kappa shape index (κ1) is 18.5. The van der Waals surface area contributed by atoms with Gasteiger partial charge in [0.05, 0.1) is 13.7 Å². The Morgan fingerprint density at radius 2 is 2.00 bits per heavy atom. The van der Waals surface area contributed by atoms with Gasteiger partial charge < -0.3 is 18.9 Å². The van der Waals surface area contributed by atoms with Crippen LogP contribution in [0, 0.1) is 13.8 Å². The first-order chi connectivity index (χ1) is 11.3. The third kappa shape index (κ3) is 4.16. The van der Waals surface area contributed by atoms with Gasteiger partial charge in [-0.3, -0.25) is 0 Å². The van der Waals surface area contributed by atoms with E-state index in [0.717, 1.165) is 22.4 Å². The minimum Gasteiger partial charge on any atom is -0.496 e. The Bertz CT molecular complexity index is 633. The van der Waals surface area contributed by atoms with Gasteiger partial charge in [0, 0.05) is 11.6 Å². The van der Waals surface area contributed by atoms with Gasteiger partial charge in [-0.1, -0.05) is 11.6 Å². The van der Waals surface area contributed by atoms with E-state index in [4.69, 9.17) is 18.9 Å². The molecule has 2 rings (SSSR count). The summed E-state index contributed by atoms with van der Waals surface area (Å²) in [4.78, 5) is 11.6. The Morgan fingerprint density at radius 3 is 2.62 bits per heavy atom. The number of esters is 1. The molecule has 132 valence electrons. The summed E-state index contributed by atoms with van der Waals surface area (Å²) in [6, 6.07) is 4.10. The van der Waals surface area contributed by atoms with Crippen LogP contribution in [0.15, 0.2) is 24.3 Å². The lowest BCUT2D eigenvalue weighted by Crippen LogP contribution is -2.20. The van der Waals surface area contributed by atoms with Crippen LogP contribution in [0.4, 0.5) is 0 Å². The van der Waals surface area contributed by atoms with E-state index in [1.54, 1.807) is 20.1 Å². The number of hydrogen-bond acceptors (Lipinski definition) is 5. The van der Waals surface area contributed by atoms with Gasteiger partial charge in [0.2, 0.25) is 0 Å². The number of hydrogen-bond donors (Lipinski definition) is 0. The highest BCUT2D eigenvalue weighted by atomic mass is 16.7. The highest BCUT2D eigenvalue weighted by molar-refractivity contribution is 5.82. The van der Waals surface area contributed by atoms with Gasteiger partial charge in [-0.25, -0.2) is 4.79 Å². The summed E-state index contributed by atoms with van der Waals surface area (Å²) in [5, 5.41) is 0. The standard InChI is InChI=1S/C19H26O5/c1-7-22-16(20)9-8-15-18(24-19(4,5)23-15)14-11-12(2)10-13(3)17(14)21-6/h8-11,15,18H,7H2,1-6H3/b9-8+/t15-,18-/m0/s1. The molecule has 1 aromatic carbocycles. The smallest absolute Gasteiger partial charge is 0.330 e. The molecule has 24 heavy (non-hydrogen) atoms. The molecule has 5 heteroatoms. The van der Waals surface area contributed by atoms with E-state index in [-0.39, 0.29) is 6.10 Å². The van der Waals surface area contributed by atoms with Crippen molar-refractivity contribution in [3.63, 3.8) is 0 Å². The zero-order valence-corrected chi connectivity index (χ0v) is 15.2. The lowest BCUT2D eigenvalue weighted by atomic mass is 9.98. The maximum absolute atomic E-state index is 11.6. The van der Waals surface area contributed by atoms with Crippen LogP contribution in [0.5, 0.6) is 5.75 Å². The monoisotopic (exact) mass is 334 g/mol. The first-order valence-electron chi connectivity index (χ1n) is 8.13. The maximum Gasteiger partial charge on any atom is 0.330 e. The molecule has 0 saturated carbocycles. The quantitative estimate of drug-likeness (QED) is 0.608. The lowest BCUT2D eigenvalue weighted by Gasteiger charge is -2.20. The van der Waals surface area contributed by atoms with Crippen molar-refractivity contribution in [3.05, 3.63) is 41.0 Å². The molecule has 5 nitrogen and oxygen atoms in total. The van der Waals surface area contributed by atoms with Gasteiger partial charge in [0.15, 0.2) is 5.79 Å². The van der Waals surface area contributed by atoms with Gasteiger partial charge in [0.25, 0.3) is 0 Å². The fourth-order valence-electron chi connectivity index (χ4n) is 3.01. The SMILES string of the molecule is CCOC(=O)/C=C/[C@@H]1OC(C)(C)O[C@H]1c1cc(C)cc(C)c1OC. The van der Waals surface area contributed by atoms with Gasteiger partial charge in [-0.05, 0) is 52.3 Å². The van der Waals surface area contributed by atoms with E-state index >= 15 is 0 Å². The molecular weight excluding hydrogens is 308 g/mol. The zero-order chi connectivity index (χ0) is 17.9. The third-order valence-electron chi connectivity index (χ3n) is 3.80. The molecule has 0 N–H and O–H groups in total. The maximum atomic E-state index is 11.6. The second-order valence-electron chi connectivity index (χ2n) is 6.34. The van der Waals surface area contributed by atoms with Gasteiger partial charge in [-0.2, -0.15) is 0 Å². The molecular formula is C19H26O5. The Balaban J connectivity index is 2.37. The largest absolute Gasteiger partial charge is 0.496 e. The Kier molecular flexibility index (Phi) is 5.67. The zero-order valence-electron chi connectivity index (χ0n) is 15.2. The molecule has 1 aromatic rings. The number of methoxy groups -OCH3 is 1. The molecule has 0 spiro atoms. The van der Waals surface area contributed by atoms with E-state index < -0.39 is 17.9 Å². The predicted molar refractivity (Wildman–Crippen MR) is 91.0 cm³/mol. The number of ether oxygens (including phenoxy) is 4. The minimum absolute atomic E-state index is 0.338. The van der Waals surface area contributed by atoms with E-state index in [9.17, 15) is 4.79 Å². The fraction of sp³-hybridized carbons (Fsp3) is 0.526. The number of carbonyl (C=O) groups excluding carboxylic acids is 1. The highest BCUT2D eigenvalue weighted by Gasteiger charge is 2.42. The average molecular weight is 334 g/mol. The Labute approximate surface area is 143 Å². The van der Waals surface area contributed by atoms with Gasteiger partial charge >= 0.3 is 5.97 Å². The van der Waals surface area contributed by atoms with E-state index in [1.807, 2.05) is 33.8 Å². The van der Waals surface area contributed by atoms with Crippen molar-refractivity contribution in [1.29, 1.82) is 0 Å². The molecule has 1 aliphatic rings. The second-order valence-corrected chi connectivity index (χ2v) is 6.34. The van der Waals surface area contributed by atoms with Crippen molar-refractivity contribution in [2.24, 2.45) is 0 Å². The highest BCUT2D eigenvalue weighted by Crippen LogP contribution is 2.43. The number of benzene rings is 1. The number of rotatable bonds is 5. The van der Waals surface area contributed by atoms with Crippen molar-refractivity contribution in [2.75, 3.05) is 13.7 Å². The van der Waals surface area contributed by atoms with Crippen molar-refractivity contribution in [1.82, 2.24) is 0 Å². The van der Waals surface area contributed by atoms with Crippen molar-refractivity contribution in [2.45, 2.75) is 52.6 Å². The molecule has 1 aliphatic heterocycles. The van der Waals surface area contributed by atoms with E-state index in [0.29, 0.717) is 6.61 Å². The van der Waals surface area contributed by atoms with Gasteiger partial charge in [0.1, 0.15) is 18.0 Å². The van der Waals surface area contributed by atoms with Crippen LogP contribution in [0.2, 0.25) is 0 Å². The predicted octanol–water partition coefficient (Wildman–Crippen LogP) is 3.62. The summed E-state index contributed by atoms with van der Waals surface area (Å²) < 4.78 is 22.5. The van der Waals surface area contributed by atoms with E-state index in [1.165, 1.54) is 6.08 Å². The normalized spacial score (nSPS) is 22.8. The van der Waals surface area contributed by atoms with Crippen LogP contribution in [0.3, 0.4) is 0 Å². The molecule has 1 heterocycles. The first-order valence-corrected chi connectivity index (χ1v) is 8.13. The number of carbonyl (C=O) groups is 1. The molecule has 0 aromatic heterocycles. The van der Waals surface area contributed by atoms with Crippen LogP contribution in [0.1, 0.15) is 43.6 Å². The third-order valence-corrected chi connectivity index (χ3v) is 3.80. The molecule has 1 saturated heterocycles. The van der Waals surface area contributed by atoms with Crippen molar-refractivity contribution >= 4 is 5.97 Å². The molecule has 0 amide bonds. The van der Waals surface area contributed by atoms with Gasteiger partial charge in [-0.15, -0.1) is 0 Å². The molecule has 0 radical (unpaired) electrons. The Hall–Kier alpha value is -1.85. The minimum atomic E-state index is -0.753. The summed E-state index contributed by atoms with van der Waals surface area (Å²) >= 11 is 0. The number of aryl methyl sites for hydroxylation is 2.